The first kappa shape index (κ1) is 17.4. The molecule has 1 saturated heterocycles. The summed E-state index contributed by atoms with van der Waals surface area (Å²) in [5, 5.41) is 3.23. The third kappa shape index (κ3) is 3.35. The molecule has 0 bridgehead atoms. The van der Waals surface area contributed by atoms with Crippen molar-refractivity contribution in [2.45, 2.75) is 13.3 Å². The average Bonchev–Trinajstić information content (AvgIpc) is 2.93. The van der Waals surface area contributed by atoms with Crippen molar-refractivity contribution in [3.05, 3.63) is 58.6 Å². The highest BCUT2D eigenvalue weighted by atomic mass is 35.5. The van der Waals surface area contributed by atoms with Gasteiger partial charge in [0.15, 0.2) is 0 Å². The number of hydrogen-bond donors (Lipinski definition) is 1. The van der Waals surface area contributed by atoms with E-state index in [1.54, 1.807) is 25.1 Å². The van der Waals surface area contributed by atoms with Crippen molar-refractivity contribution in [2.24, 2.45) is 5.92 Å². The van der Waals surface area contributed by atoms with Gasteiger partial charge in [-0.15, -0.1) is 0 Å². The second-order valence-corrected chi connectivity index (χ2v) is 6.28. The van der Waals surface area contributed by atoms with Gasteiger partial charge in [-0.05, 0) is 36.8 Å². The Morgan fingerprint density at radius 1 is 1.20 bits per heavy atom. The predicted octanol–water partition coefficient (Wildman–Crippen LogP) is 3.92. The van der Waals surface area contributed by atoms with Crippen LogP contribution in [0.15, 0.2) is 36.4 Å². The van der Waals surface area contributed by atoms with E-state index in [0.717, 1.165) is 17.0 Å². The quantitative estimate of drug-likeness (QED) is 0.897. The maximum atomic E-state index is 13.9. The maximum absolute atomic E-state index is 13.9. The number of rotatable bonds is 3. The third-order valence-corrected chi connectivity index (χ3v) is 4.64. The van der Waals surface area contributed by atoms with Crippen LogP contribution in [0.4, 0.5) is 20.2 Å². The summed E-state index contributed by atoms with van der Waals surface area (Å²) in [6.45, 7) is 1.68. The van der Waals surface area contributed by atoms with Gasteiger partial charge in [-0.2, -0.15) is 0 Å². The highest BCUT2D eigenvalue weighted by Gasteiger charge is 2.37. The van der Waals surface area contributed by atoms with Crippen LogP contribution >= 0.6 is 11.6 Å². The SMILES string of the molecule is Cc1c(Cl)cccc1NC(=O)C1CC(=O)N(c2c(F)cccc2F)C1. The molecule has 0 saturated carbocycles. The number of hydrogen-bond acceptors (Lipinski definition) is 2. The molecule has 0 spiro atoms. The molecule has 2 aromatic carbocycles. The molecule has 1 unspecified atom stereocenters. The van der Waals surface area contributed by atoms with Crippen molar-refractivity contribution in [1.82, 2.24) is 0 Å². The zero-order chi connectivity index (χ0) is 18.1. The number of carbonyl (C=O) groups excluding carboxylic acids is 2. The molecular formula is C18H15ClF2N2O2. The minimum absolute atomic E-state index is 0.0812. The number of nitrogens with one attached hydrogen (secondary N) is 1. The minimum atomic E-state index is -0.833. The van der Waals surface area contributed by atoms with Gasteiger partial charge in [-0.3, -0.25) is 9.59 Å². The number of amides is 2. The van der Waals surface area contributed by atoms with Gasteiger partial charge in [0.05, 0.1) is 5.92 Å². The molecule has 1 fully saturated rings. The average molecular weight is 365 g/mol. The Morgan fingerprint density at radius 2 is 1.84 bits per heavy atom. The fraction of sp³-hybridized carbons (Fsp3) is 0.222. The van der Waals surface area contributed by atoms with Crippen LogP contribution in [-0.4, -0.2) is 18.4 Å². The summed E-state index contributed by atoms with van der Waals surface area (Å²) < 4.78 is 27.8. The fourth-order valence-corrected chi connectivity index (χ4v) is 3.00. The maximum Gasteiger partial charge on any atom is 0.229 e. The molecule has 25 heavy (non-hydrogen) atoms. The predicted molar refractivity (Wildman–Crippen MR) is 91.6 cm³/mol. The molecule has 1 heterocycles. The zero-order valence-corrected chi connectivity index (χ0v) is 14.1. The van der Waals surface area contributed by atoms with Gasteiger partial charge >= 0.3 is 0 Å². The van der Waals surface area contributed by atoms with Gasteiger partial charge in [0.2, 0.25) is 11.8 Å². The van der Waals surface area contributed by atoms with Crippen molar-refractivity contribution in [3.8, 4) is 0 Å². The van der Waals surface area contributed by atoms with E-state index in [2.05, 4.69) is 5.32 Å². The van der Waals surface area contributed by atoms with Crippen LogP contribution in [0.3, 0.4) is 0 Å². The van der Waals surface area contributed by atoms with E-state index < -0.39 is 35.1 Å². The van der Waals surface area contributed by atoms with Crippen LogP contribution in [0.1, 0.15) is 12.0 Å². The molecule has 2 amide bonds. The number of benzene rings is 2. The molecule has 7 heteroatoms. The van der Waals surface area contributed by atoms with Gasteiger partial charge < -0.3 is 10.2 Å². The summed E-state index contributed by atoms with van der Waals surface area (Å²) in [4.78, 5) is 25.6. The monoisotopic (exact) mass is 364 g/mol. The lowest BCUT2D eigenvalue weighted by Gasteiger charge is -2.18. The molecule has 3 rings (SSSR count). The molecule has 1 aliphatic heterocycles. The smallest absolute Gasteiger partial charge is 0.229 e. The Balaban J connectivity index is 1.78. The van der Waals surface area contributed by atoms with E-state index >= 15 is 0 Å². The van der Waals surface area contributed by atoms with Crippen molar-refractivity contribution in [1.29, 1.82) is 0 Å². The molecule has 0 aliphatic carbocycles. The Morgan fingerprint density at radius 3 is 2.52 bits per heavy atom. The first-order valence-electron chi connectivity index (χ1n) is 7.69. The van der Waals surface area contributed by atoms with Gasteiger partial charge in [0.25, 0.3) is 0 Å². The highest BCUT2D eigenvalue weighted by molar-refractivity contribution is 6.31. The lowest BCUT2D eigenvalue weighted by atomic mass is 10.1. The molecule has 4 nitrogen and oxygen atoms in total. The van der Waals surface area contributed by atoms with E-state index in [9.17, 15) is 18.4 Å². The van der Waals surface area contributed by atoms with Gasteiger partial charge in [-0.1, -0.05) is 23.7 Å². The standard InChI is InChI=1S/C18H15ClF2N2O2/c1-10-12(19)4-2-7-15(10)22-18(25)11-8-16(24)23(9-11)17-13(20)5-3-6-14(17)21/h2-7,11H,8-9H2,1H3,(H,22,25). The van der Waals surface area contributed by atoms with Crippen LogP contribution in [0.2, 0.25) is 5.02 Å². The number of nitrogens with zero attached hydrogens (tertiary/aromatic N) is 1. The molecule has 1 atom stereocenters. The Bertz CT molecular complexity index is 837. The van der Waals surface area contributed by atoms with Crippen LogP contribution in [0.5, 0.6) is 0 Å². The fourth-order valence-electron chi connectivity index (χ4n) is 2.82. The molecular weight excluding hydrogens is 350 g/mol. The molecule has 0 aromatic heterocycles. The normalized spacial score (nSPS) is 17.0. The molecule has 2 aromatic rings. The van der Waals surface area contributed by atoms with E-state index in [1.165, 1.54) is 6.07 Å². The largest absolute Gasteiger partial charge is 0.325 e. The van der Waals surface area contributed by atoms with Crippen LogP contribution < -0.4 is 10.2 Å². The second kappa shape index (κ2) is 6.80. The number of para-hydroxylation sites is 1. The Labute approximate surface area is 148 Å². The molecule has 1 N–H and O–H groups in total. The Hall–Kier alpha value is -2.47. The Kier molecular flexibility index (Phi) is 4.72. The van der Waals surface area contributed by atoms with Crippen LogP contribution in [-0.2, 0) is 9.59 Å². The number of halogens is 3. The second-order valence-electron chi connectivity index (χ2n) is 5.88. The number of anilines is 2. The summed E-state index contributed by atoms with van der Waals surface area (Å²) >= 11 is 6.02. The molecule has 1 aliphatic rings. The first-order valence-corrected chi connectivity index (χ1v) is 8.06. The summed E-state index contributed by atoms with van der Waals surface area (Å²) in [5.74, 6) is -3.25. The summed E-state index contributed by atoms with van der Waals surface area (Å²) in [6.07, 6.45) is -0.112. The van der Waals surface area contributed by atoms with Crippen molar-refractivity contribution in [2.75, 3.05) is 16.8 Å². The van der Waals surface area contributed by atoms with E-state index in [0.29, 0.717) is 16.3 Å². The topological polar surface area (TPSA) is 49.4 Å². The van der Waals surface area contributed by atoms with Gasteiger partial charge in [0.1, 0.15) is 17.3 Å². The van der Waals surface area contributed by atoms with Crippen LogP contribution in [0.25, 0.3) is 0 Å². The molecule has 130 valence electrons. The summed E-state index contributed by atoms with van der Waals surface area (Å²) in [6, 6.07) is 8.48. The number of carbonyl (C=O) groups is 2. The lowest BCUT2D eigenvalue weighted by molar-refractivity contribution is -0.122. The summed E-state index contributed by atoms with van der Waals surface area (Å²) in [7, 11) is 0. The van der Waals surface area contributed by atoms with Crippen LogP contribution in [0, 0.1) is 24.5 Å². The minimum Gasteiger partial charge on any atom is -0.325 e. The first-order chi connectivity index (χ1) is 11.9. The van der Waals surface area contributed by atoms with E-state index in [1.807, 2.05) is 0 Å². The van der Waals surface area contributed by atoms with Crippen molar-refractivity contribution < 1.29 is 18.4 Å². The third-order valence-electron chi connectivity index (χ3n) is 4.23. The zero-order valence-electron chi connectivity index (χ0n) is 13.4. The van der Waals surface area contributed by atoms with E-state index in [4.69, 9.17) is 11.6 Å². The van der Waals surface area contributed by atoms with Gasteiger partial charge in [-0.25, -0.2) is 8.78 Å². The summed E-state index contributed by atoms with van der Waals surface area (Å²) in [5.41, 5.74) is 0.834. The highest BCUT2D eigenvalue weighted by Crippen LogP contribution is 2.31. The van der Waals surface area contributed by atoms with Crippen molar-refractivity contribution >= 4 is 34.8 Å². The molecule has 0 radical (unpaired) electrons. The van der Waals surface area contributed by atoms with Gasteiger partial charge in [0, 0.05) is 23.7 Å². The van der Waals surface area contributed by atoms with Crippen molar-refractivity contribution in [3.63, 3.8) is 0 Å². The lowest BCUT2D eigenvalue weighted by Crippen LogP contribution is -2.29. The van der Waals surface area contributed by atoms with E-state index in [-0.39, 0.29) is 13.0 Å².